The SMILES string of the molecule is O[C@H](COc1cccc2[nH]ccc12)CN1CCC(c2ccc3c(c2)OCO3)CC1. The zero-order chi connectivity index (χ0) is 19.6. The van der Waals surface area contributed by atoms with Crippen molar-refractivity contribution in [3.63, 3.8) is 0 Å². The van der Waals surface area contributed by atoms with E-state index in [1.807, 2.05) is 36.5 Å². The minimum atomic E-state index is -0.508. The molecule has 1 saturated heterocycles. The number of nitrogens with zero attached hydrogens (tertiary/aromatic N) is 1. The van der Waals surface area contributed by atoms with Gasteiger partial charge in [0.15, 0.2) is 11.5 Å². The fourth-order valence-corrected chi connectivity index (χ4v) is 4.34. The number of fused-ring (bicyclic) bond motifs is 2. The minimum Gasteiger partial charge on any atom is -0.490 e. The number of likely N-dealkylation sites (tertiary alicyclic amines) is 1. The summed E-state index contributed by atoms with van der Waals surface area (Å²) in [5, 5.41) is 11.5. The van der Waals surface area contributed by atoms with Crippen molar-refractivity contribution in [2.45, 2.75) is 24.9 Å². The zero-order valence-electron chi connectivity index (χ0n) is 16.3. The molecule has 1 aromatic heterocycles. The predicted octanol–water partition coefficient (Wildman–Crippen LogP) is 3.52. The molecule has 152 valence electrons. The van der Waals surface area contributed by atoms with Crippen LogP contribution in [0.4, 0.5) is 0 Å². The number of aliphatic hydroxyl groups is 1. The largest absolute Gasteiger partial charge is 0.490 e. The maximum atomic E-state index is 10.5. The molecule has 2 aliphatic rings. The number of H-pyrrole nitrogens is 1. The summed E-state index contributed by atoms with van der Waals surface area (Å²) in [7, 11) is 0. The molecule has 0 saturated carbocycles. The number of benzene rings is 2. The summed E-state index contributed by atoms with van der Waals surface area (Å²) in [5.74, 6) is 3.03. The molecule has 6 heteroatoms. The van der Waals surface area contributed by atoms with Crippen LogP contribution >= 0.6 is 0 Å². The van der Waals surface area contributed by atoms with Gasteiger partial charge in [0.25, 0.3) is 0 Å². The number of piperidine rings is 1. The molecule has 0 amide bonds. The fraction of sp³-hybridized carbons (Fsp3) is 0.391. The van der Waals surface area contributed by atoms with Crippen LogP contribution in [-0.2, 0) is 0 Å². The first kappa shape index (κ1) is 18.3. The molecule has 3 aromatic rings. The van der Waals surface area contributed by atoms with Crippen LogP contribution < -0.4 is 14.2 Å². The summed E-state index contributed by atoms with van der Waals surface area (Å²) < 4.78 is 16.8. The first-order valence-electron chi connectivity index (χ1n) is 10.2. The summed E-state index contributed by atoms with van der Waals surface area (Å²) in [6, 6.07) is 14.2. The van der Waals surface area contributed by atoms with Crippen LogP contribution in [-0.4, -0.2) is 54.1 Å². The van der Waals surface area contributed by atoms with Crippen molar-refractivity contribution in [1.82, 2.24) is 9.88 Å². The third-order valence-electron chi connectivity index (χ3n) is 5.91. The van der Waals surface area contributed by atoms with E-state index >= 15 is 0 Å². The lowest BCUT2D eigenvalue weighted by Crippen LogP contribution is -2.40. The van der Waals surface area contributed by atoms with Crippen molar-refractivity contribution in [1.29, 1.82) is 0 Å². The van der Waals surface area contributed by atoms with E-state index < -0.39 is 6.10 Å². The standard InChI is InChI=1S/C23H26N2O4/c26-18(14-27-21-3-1-2-20-19(21)6-9-24-20)13-25-10-7-16(8-11-25)17-4-5-22-23(12-17)29-15-28-22/h1-6,9,12,16,18,24,26H,7-8,10-11,13-15H2/t18-/m0/s1. The lowest BCUT2D eigenvalue weighted by atomic mass is 9.89. The number of hydrogen-bond donors (Lipinski definition) is 2. The van der Waals surface area contributed by atoms with Gasteiger partial charge in [-0.3, -0.25) is 0 Å². The van der Waals surface area contributed by atoms with E-state index in [2.05, 4.69) is 22.0 Å². The summed E-state index contributed by atoms with van der Waals surface area (Å²) in [6.45, 7) is 3.20. The zero-order valence-corrected chi connectivity index (χ0v) is 16.3. The maximum Gasteiger partial charge on any atom is 0.231 e. The minimum absolute atomic E-state index is 0.298. The van der Waals surface area contributed by atoms with Gasteiger partial charge in [0.05, 0.1) is 0 Å². The highest BCUT2D eigenvalue weighted by Crippen LogP contribution is 2.37. The van der Waals surface area contributed by atoms with Crippen LogP contribution in [0.5, 0.6) is 17.2 Å². The number of aromatic amines is 1. The number of aromatic nitrogens is 1. The number of aliphatic hydroxyl groups excluding tert-OH is 1. The Bertz CT molecular complexity index is 978. The van der Waals surface area contributed by atoms with Gasteiger partial charge in [-0.25, -0.2) is 0 Å². The Morgan fingerprint density at radius 1 is 1.10 bits per heavy atom. The molecule has 0 unspecified atom stereocenters. The van der Waals surface area contributed by atoms with Crippen molar-refractivity contribution in [2.75, 3.05) is 33.0 Å². The van der Waals surface area contributed by atoms with Gasteiger partial charge in [-0.15, -0.1) is 0 Å². The highest BCUT2D eigenvalue weighted by molar-refractivity contribution is 5.85. The average Bonchev–Trinajstić information content (AvgIpc) is 3.41. The molecule has 0 bridgehead atoms. The van der Waals surface area contributed by atoms with Gasteiger partial charge >= 0.3 is 0 Å². The molecule has 6 nitrogen and oxygen atoms in total. The molecule has 1 atom stereocenters. The van der Waals surface area contributed by atoms with Crippen LogP contribution in [0.15, 0.2) is 48.7 Å². The molecule has 3 heterocycles. The summed E-state index contributed by atoms with van der Waals surface area (Å²) in [6.07, 6.45) is 3.55. The van der Waals surface area contributed by atoms with Crippen molar-refractivity contribution in [2.24, 2.45) is 0 Å². The van der Waals surface area contributed by atoms with E-state index in [4.69, 9.17) is 14.2 Å². The van der Waals surface area contributed by atoms with Crippen molar-refractivity contribution in [3.05, 3.63) is 54.2 Å². The van der Waals surface area contributed by atoms with Crippen molar-refractivity contribution in [3.8, 4) is 17.2 Å². The van der Waals surface area contributed by atoms with Crippen LogP contribution in [0.2, 0.25) is 0 Å². The number of rotatable bonds is 6. The number of nitrogens with one attached hydrogen (secondary N) is 1. The molecule has 5 rings (SSSR count). The number of ether oxygens (including phenoxy) is 3. The molecule has 0 radical (unpaired) electrons. The Hall–Kier alpha value is -2.70. The Morgan fingerprint density at radius 3 is 2.86 bits per heavy atom. The van der Waals surface area contributed by atoms with Crippen molar-refractivity contribution < 1.29 is 19.3 Å². The van der Waals surface area contributed by atoms with Crippen LogP contribution in [0.3, 0.4) is 0 Å². The van der Waals surface area contributed by atoms with Gasteiger partial charge in [-0.2, -0.15) is 0 Å². The molecule has 2 N–H and O–H groups in total. The Kier molecular flexibility index (Phi) is 5.04. The smallest absolute Gasteiger partial charge is 0.231 e. The molecule has 2 aliphatic heterocycles. The highest BCUT2D eigenvalue weighted by atomic mass is 16.7. The lowest BCUT2D eigenvalue weighted by Gasteiger charge is -2.33. The molecule has 29 heavy (non-hydrogen) atoms. The molecule has 0 aliphatic carbocycles. The summed E-state index contributed by atoms with van der Waals surface area (Å²) in [5.41, 5.74) is 2.36. The maximum absolute atomic E-state index is 10.5. The van der Waals surface area contributed by atoms with Gasteiger partial charge < -0.3 is 29.2 Å². The average molecular weight is 394 g/mol. The topological polar surface area (TPSA) is 67.0 Å². The second kappa shape index (κ2) is 7.97. The Morgan fingerprint density at radius 2 is 1.97 bits per heavy atom. The van der Waals surface area contributed by atoms with Gasteiger partial charge in [0.2, 0.25) is 6.79 Å². The molecule has 2 aromatic carbocycles. The molecule has 0 spiro atoms. The quantitative estimate of drug-likeness (QED) is 0.670. The van der Waals surface area contributed by atoms with Gasteiger partial charge in [0.1, 0.15) is 18.5 Å². The second-order valence-corrected chi connectivity index (χ2v) is 7.85. The van der Waals surface area contributed by atoms with E-state index in [-0.39, 0.29) is 0 Å². The first-order chi connectivity index (χ1) is 14.3. The molecule has 1 fully saturated rings. The number of hydrogen-bond acceptors (Lipinski definition) is 5. The van der Waals surface area contributed by atoms with E-state index in [1.54, 1.807) is 0 Å². The third kappa shape index (κ3) is 3.91. The van der Waals surface area contributed by atoms with Gasteiger partial charge in [-0.1, -0.05) is 12.1 Å². The van der Waals surface area contributed by atoms with Crippen LogP contribution in [0, 0.1) is 0 Å². The predicted molar refractivity (Wildman–Crippen MR) is 111 cm³/mol. The Labute approximate surface area is 170 Å². The van der Waals surface area contributed by atoms with E-state index in [0.717, 1.165) is 54.1 Å². The van der Waals surface area contributed by atoms with Gasteiger partial charge in [0, 0.05) is 23.6 Å². The summed E-state index contributed by atoms with van der Waals surface area (Å²) in [4.78, 5) is 5.51. The third-order valence-corrected chi connectivity index (χ3v) is 5.91. The monoisotopic (exact) mass is 394 g/mol. The lowest BCUT2D eigenvalue weighted by molar-refractivity contribution is 0.0599. The highest BCUT2D eigenvalue weighted by Gasteiger charge is 2.24. The second-order valence-electron chi connectivity index (χ2n) is 7.85. The van der Waals surface area contributed by atoms with Gasteiger partial charge in [-0.05, 0) is 67.7 Å². The number of β-amino-alcohol motifs (C(OH)–C–C–N with tert-alkyl or cyclic N) is 1. The van der Waals surface area contributed by atoms with E-state index in [9.17, 15) is 5.11 Å². The normalized spacial score (nSPS) is 18.2. The molecular weight excluding hydrogens is 368 g/mol. The van der Waals surface area contributed by atoms with E-state index in [0.29, 0.717) is 25.9 Å². The van der Waals surface area contributed by atoms with Crippen LogP contribution in [0.25, 0.3) is 10.9 Å². The van der Waals surface area contributed by atoms with E-state index in [1.165, 1.54) is 5.56 Å². The fourth-order valence-electron chi connectivity index (χ4n) is 4.34. The Balaban J connectivity index is 1.11. The van der Waals surface area contributed by atoms with Crippen molar-refractivity contribution >= 4 is 10.9 Å². The summed E-state index contributed by atoms with van der Waals surface area (Å²) >= 11 is 0. The first-order valence-corrected chi connectivity index (χ1v) is 10.2. The van der Waals surface area contributed by atoms with Crippen LogP contribution in [0.1, 0.15) is 24.3 Å². The molecular formula is C23H26N2O4.